The van der Waals surface area contributed by atoms with Crippen LogP contribution in [0.2, 0.25) is 0 Å². The molecular weight excluding hydrogens is 338 g/mol. The summed E-state index contributed by atoms with van der Waals surface area (Å²) in [6, 6.07) is 4.26. The molecule has 0 fully saturated rings. The lowest BCUT2D eigenvalue weighted by molar-refractivity contribution is -0.385. The Bertz CT molecular complexity index is 746. The average molecular weight is 345 g/mol. The normalized spacial score (nSPS) is 10.6. The molecule has 0 spiro atoms. The third-order valence-electron chi connectivity index (χ3n) is 2.65. The van der Waals surface area contributed by atoms with E-state index in [1.54, 1.807) is 0 Å². The van der Waals surface area contributed by atoms with Crippen LogP contribution in [-0.2, 0) is 6.54 Å². The number of hydrogen-bond acceptors (Lipinski definition) is 3. The second-order valence-corrected chi connectivity index (χ2v) is 4.79. The quantitative estimate of drug-likeness (QED) is 0.488. The van der Waals surface area contributed by atoms with Gasteiger partial charge in [-0.05, 0) is 28.1 Å². The number of halogens is 3. The van der Waals surface area contributed by atoms with Crippen LogP contribution in [0, 0.1) is 21.7 Å². The van der Waals surface area contributed by atoms with E-state index in [-0.39, 0.29) is 15.7 Å². The fourth-order valence-corrected chi connectivity index (χ4v) is 2.01. The van der Waals surface area contributed by atoms with Crippen LogP contribution in [0.3, 0.4) is 0 Å². The Kier molecular flexibility index (Phi) is 3.93. The fourth-order valence-electron chi connectivity index (χ4n) is 1.63. The van der Waals surface area contributed by atoms with Gasteiger partial charge in [0.1, 0.15) is 11.6 Å². The van der Waals surface area contributed by atoms with Crippen molar-refractivity contribution in [2.45, 2.75) is 6.54 Å². The van der Waals surface area contributed by atoms with E-state index in [9.17, 15) is 23.7 Å². The first kappa shape index (κ1) is 14.3. The topological polar surface area (TPSA) is 65.1 Å². The second kappa shape index (κ2) is 5.49. The molecule has 0 aliphatic rings. The van der Waals surface area contributed by atoms with Gasteiger partial charge in [-0.1, -0.05) is 0 Å². The van der Waals surface area contributed by atoms with Crippen LogP contribution in [0.1, 0.15) is 5.56 Å². The van der Waals surface area contributed by atoms with Crippen LogP contribution in [0.25, 0.3) is 0 Å². The van der Waals surface area contributed by atoms with Gasteiger partial charge in [0.25, 0.3) is 11.2 Å². The van der Waals surface area contributed by atoms with Crippen molar-refractivity contribution in [3.63, 3.8) is 0 Å². The smallest absolute Gasteiger partial charge is 0.285 e. The van der Waals surface area contributed by atoms with Gasteiger partial charge in [-0.25, -0.2) is 8.78 Å². The minimum atomic E-state index is -0.844. The van der Waals surface area contributed by atoms with Gasteiger partial charge < -0.3 is 4.57 Å². The predicted molar refractivity (Wildman–Crippen MR) is 70.5 cm³/mol. The average Bonchev–Trinajstić information content (AvgIpc) is 2.41. The van der Waals surface area contributed by atoms with Gasteiger partial charge in [0, 0.05) is 17.7 Å². The monoisotopic (exact) mass is 344 g/mol. The highest BCUT2D eigenvalue weighted by molar-refractivity contribution is 9.10. The number of pyridine rings is 1. The summed E-state index contributed by atoms with van der Waals surface area (Å²) in [7, 11) is 0. The van der Waals surface area contributed by atoms with Gasteiger partial charge in [-0.3, -0.25) is 14.9 Å². The highest BCUT2D eigenvalue weighted by Crippen LogP contribution is 2.22. The fraction of sp³-hybridized carbons (Fsp3) is 0.0833. The first-order chi connectivity index (χ1) is 9.40. The molecule has 0 aliphatic heterocycles. The zero-order valence-electron chi connectivity index (χ0n) is 9.85. The highest BCUT2D eigenvalue weighted by Gasteiger charge is 2.15. The van der Waals surface area contributed by atoms with Crippen molar-refractivity contribution in [1.82, 2.24) is 4.57 Å². The predicted octanol–water partition coefficient (Wildman–Crippen LogP) is 2.85. The summed E-state index contributed by atoms with van der Waals surface area (Å²) in [6.07, 6.45) is 0.947. The molecule has 1 aromatic carbocycles. The Balaban J connectivity index is 2.50. The lowest BCUT2D eigenvalue weighted by Gasteiger charge is -2.08. The molecule has 0 bridgehead atoms. The van der Waals surface area contributed by atoms with E-state index < -0.39 is 28.7 Å². The van der Waals surface area contributed by atoms with Gasteiger partial charge in [0.05, 0.1) is 22.1 Å². The van der Waals surface area contributed by atoms with Gasteiger partial charge in [0.15, 0.2) is 0 Å². The van der Waals surface area contributed by atoms with Crippen LogP contribution in [-0.4, -0.2) is 9.49 Å². The molecule has 104 valence electrons. The molecule has 0 radical (unpaired) electrons. The van der Waals surface area contributed by atoms with Crippen LogP contribution in [0.15, 0.2) is 39.7 Å². The lowest BCUT2D eigenvalue weighted by Crippen LogP contribution is -2.20. The summed E-state index contributed by atoms with van der Waals surface area (Å²) >= 11 is 2.91. The summed E-state index contributed by atoms with van der Waals surface area (Å²) in [5.74, 6) is -1.67. The summed E-state index contributed by atoms with van der Waals surface area (Å²) in [4.78, 5) is 21.5. The zero-order valence-corrected chi connectivity index (χ0v) is 11.4. The van der Waals surface area contributed by atoms with Crippen LogP contribution in [0.4, 0.5) is 14.5 Å². The van der Waals surface area contributed by atoms with E-state index in [0.29, 0.717) is 0 Å². The van der Waals surface area contributed by atoms with Crippen molar-refractivity contribution in [2.75, 3.05) is 0 Å². The largest absolute Gasteiger partial charge is 0.304 e. The number of benzene rings is 1. The highest BCUT2D eigenvalue weighted by atomic mass is 79.9. The van der Waals surface area contributed by atoms with Crippen LogP contribution in [0.5, 0.6) is 0 Å². The van der Waals surface area contributed by atoms with Gasteiger partial charge in [-0.15, -0.1) is 0 Å². The Labute approximate surface area is 119 Å². The molecule has 0 saturated carbocycles. The summed E-state index contributed by atoms with van der Waals surface area (Å²) in [5, 5.41) is 10.6. The van der Waals surface area contributed by atoms with E-state index in [4.69, 9.17) is 0 Å². The van der Waals surface area contributed by atoms with Crippen molar-refractivity contribution in [3.05, 3.63) is 72.6 Å². The maximum atomic E-state index is 13.8. The van der Waals surface area contributed by atoms with Crippen LogP contribution >= 0.6 is 15.9 Å². The van der Waals surface area contributed by atoms with Gasteiger partial charge in [-0.2, -0.15) is 0 Å². The van der Waals surface area contributed by atoms with Crippen molar-refractivity contribution < 1.29 is 13.7 Å². The molecule has 20 heavy (non-hydrogen) atoms. The molecule has 0 aliphatic carbocycles. The number of hydrogen-bond donors (Lipinski definition) is 0. The maximum Gasteiger partial charge on any atom is 0.285 e. The molecule has 0 unspecified atom stereocenters. The molecule has 0 atom stereocenters. The first-order valence-electron chi connectivity index (χ1n) is 5.37. The molecule has 0 amide bonds. The lowest BCUT2D eigenvalue weighted by atomic mass is 10.2. The number of nitro groups is 1. The van der Waals surface area contributed by atoms with E-state index in [1.165, 1.54) is 6.07 Å². The Morgan fingerprint density at radius 2 is 1.95 bits per heavy atom. The van der Waals surface area contributed by atoms with Crippen molar-refractivity contribution in [2.24, 2.45) is 0 Å². The Morgan fingerprint density at radius 3 is 2.60 bits per heavy atom. The molecule has 2 aromatic rings. The Morgan fingerprint density at radius 1 is 1.25 bits per heavy atom. The van der Waals surface area contributed by atoms with E-state index >= 15 is 0 Å². The minimum absolute atomic E-state index is 0.0485. The van der Waals surface area contributed by atoms with Crippen molar-refractivity contribution >= 4 is 21.6 Å². The molecule has 1 heterocycles. The van der Waals surface area contributed by atoms with E-state index in [0.717, 1.165) is 29.0 Å². The molecular formula is C12H7BrF2N2O3. The van der Waals surface area contributed by atoms with Gasteiger partial charge in [0.2, 0.25) is 0 Å². The van der Waals surface area contributed by atoms with E-state index in [2.05, 4.69) is 15.9 Å². The van der Waals surface area contributed by atoms with Crippen molar-refractivity contribution in [3.8, 4) is 0 Å². The molecule has 5 nitrogen and oxygen atoms in total. The molecule has 1 aromatic heterocycles. The summed E-state index contributed by atoms with van der Waals surface area (Å²) < 4.78 is 28.3. The maximum absolute atomic E-state index is 13.8. The standard InChI is InChI=1S/C12H7BrF2N2O3/c13-9-2-3-10(14)8(12(9)15)6-16-5-7(17(19)20)1-4-11(16)18/h1-5H,6H2. The zero-order chi connectivity index (χ0) is 14.9. The molecule has 2 rings (SSSR count). The van der Waals surface area contributed by atoms with Crippen LogP contribution < -0.4 is 5.56 Å². The summed E-state index contributed by atoms with van der Waals surface area (Å²) in [5.41, 5.74) is -1.27. The molecule has 8 heteroatoms. The number of nitrogens with zero attached hydrogens (tertiary/aromatic N) is 2. The summed E-state index contributed by atoms with van der Waals surface area (Å²) in [6.45, 7) is -0.433. The molecule has 0 N–H and O–H groups in total. The van der Waals surface area contributed by atoms with Crippen molar-refractivity contribution in [1.29, 1.82) is 0 Å². The SMILES string of the molecule is O=c1ccc([N+](=O)[O-])cn1Cc1c(F)ccc(Br)c1F. The Hall–Kier alpha value is -2.09. The second-order valence-electron chi connectivity index (χ2n) is 3.93. The first-order valence-corrected chi connectivity index (χ1v) is 6.16. The number of rotatable bonds is 3. The number of aromatic nitrogens is 1. The minimum Gasteiger partial charge on any atom is -0.304 e. The van der Waals surface area contributed by atoms with Gasteiger partial charge >= 0.3 is 0 Å². The molecule has 0 saturated heterocycles. The third-order valence-corrected chi connectivity index (χ3v) is 3.26. The van der Waals surface area contributed by atoms with E-state index in [1.807, 2.05) is 0 Å². The third kappa shape index (κ3) is 2.74.